The molecule has 2 aromatic carbocycles. The van der Waals surface area contributed by atoms with Gasteiger partial charge >= 0.3 is 0 Å². The SMILES string of the molecule is O=S(O)c1ccc(Nc2nccc(Nc3ccc(F)cc3)n2)cc1. The predicted octanol–water partition coefficient (Wildman–Crippen LogP) is 3.68. The molecular weight excluding hydrogens is 331 g/mol. The zero-order valence-electron chi connectivity index (χ0n) is 12.3. The van der Waals surface area contributed by atoms with Crippen molar-refractivity contribution < 1.29 is 13.2 Å². The Balaban J connectivity index is 1.72. The van der Waals surface area contributed by atoms with Crippen LogP contribution in [0, 0.1) is 5.82 Å². The molecule has 6 nitrogen and oxygen atoms in total. The van der Waals surface area contributed by atoms with Crippen LogP contribution >= 0.6 is 0 Å². The van der Waals surface area contributed by atoms with E-state index < -0.39 is 11.1 Å². The standard InChI is InChI=1S/C16H13FN4O2S/c17-11-1-3-12(4-2-11)19-15-9-10-18-16(21-15)20-13-5-7-14(8-6-13)24(22)23/h1-10H,(H,22,23)(H2,18,19,20,21). The second kappa shape index (κ2) is 7.16. The van der Waals surface area contributed by atoms with E-state index >= 15 is 0 Å². The van der Waals surface area contributed by atoms with Gasteiger partial charge < -0.3 is 15.2 Å². The summed E-state index contributed by atoms with van der Waals surface area (Å²) in [6.45, 7) is 0. The molecule has 0 saturated heterocycles. The van der Waals surface area contributed by atoms with Crippen LogP contribution in [0.3, 0.4) is 0 Å². The summed E-state index contributed by atoms with van der Waals surface area (Å²) in [5.41, 5.74) is 1.39. The lowest BCUT2D eigenvalue weighted by Crippen LogP contribution is -2.00. The summed E-state index contributed by atoms with van der Waals surface area (Å²) in [5, 5.41) is 6.05. The van der Waals surface area contributed by atoms with E-state index in [1.54, 1.807) is 48.7 Å². The Morgan fingerprint density at radius 2 is 1.54 bits per heavy atom. The first-order chi connectivity index (χ1) is 11.6. The van der Waals surface area contributed by atoms with E-state index in [-0.39, 0.29) is 5.82 Å². The first kappa shape index (κ1) is 16.0. The fourth-order valence-electron chi connectivity index (χ4n) is 1.95. The van der Waals surface area contributed by atoms with Crippen LogP contribution in [0.15, 0.2) is 65.7 Å². The molecule has 24 heavy (non-hydrogen) atoms. The number of anilines is 4. The first-order valence-corrected chi connectivity index (χ1v) is 8.04. The molecule has 0 fully saturated rings. The molecular formula is C16H13FN4O2S. The van der Waals surface area contributed by atoms with E-state index in [4.69, 9.17) is 4.55 Å². The number of hydrogen-bond donors (Lipinski definition) is 3. The number of benzene rings is 2. The second-order valence-electron chi connectivity index (χ2n) is 4.80. The van der Waals surface area contributed by atoms with Gasteiger partial charge in [0.15, 0.2) is 11.1 Å². The molecule has 0 bridgehead atoms. The second-order valence-corrected chi connectivity index (χ2v) is 5.77. The third-order valence-electron chi connectivity index (χ3n) is 3.08. The molecule has 0 aliphatic carbocycles. The van der Waals surface area contributed by atoms with E-state index in [2.05, 4.69) is 20.6 Å². The normalized spacial score (nSPS) is 11.8. The quantitative estimate of drug-likeness (QED) is 0.612. The van der Waals surface area contributed by atoms with E-state index in [0.717, 1.165) is 0 Å². The molecule has 0 amide bonds. The van der Waals surface area contributed by atoms with Gasteiger partial charge in [-0.05, 0) is 54.6 Å². The number of hydrogen-bond acceptors (Lipinski definition) is 5. The van der Waals surface area contributed by atoms with Crippen molar-refractivity contribution in [1.82, 2.24) is 9.97 Å². The molecule has 3 aromatic rings. The summed E-state index contributed by atoms with van der Waals surface area (Å²) in [4.78, 5) is 8.74. The molecule has 1 aromatic heterocycles. The number of halogens is 1. The van der Waals surface area contributed by atoms with Crippen LogP contribution in [-0.2, 0) is 11.1 Å². The van der Waals surface area contributed by atoms with Crippen molar-refractivity contribution in [3.05, 3.63) is 66.6 Å². The van der Waals surface area contributed by atoms with Crippen molar-refractivity contribution in [2.45, 2.75) is 4.90 Å². The van der Waals surface area contributed by atoms with Crippen LogP contribution in [0.25, 0.3) is 0 Å². The fourth-order valence-corrected chi connectivity index (χ4v) is 2.32. The molecule has 0 aliphatic heterocycles. The Morgan fingerprint density at radius 1 is 0.917 bits per heavy atom. The highest BCUT2D eigenvalue weighted by atomic mass is 32.2. The molecule has 122 valence electrons. The van der Waals surface area contributed by atoms with Gasteiger partial charge in [-0.2, -0.15) is 4.98 Å². The van der Waals surface area contributed by atoms with Crippen molar-refractivity contribution in [2.75, 3.05) is 10.6 Å². The molecule has 1 atom stereocenters. The van der Waals surface area contributed by atoms with Gasteiger partial charge in [-0.25, -0.2) is 13.6 Å². The molecule has 3 N–H and O–H groups in total. The minimum Gasteiger partial charge on any atom is -0.340 e. The molecule has 0 saturated carbocycles. The van der Waals surface area contributed by atoms with Gasteiger partial charge in [0, 0.05) is 17.6 Å². The van der Waals surface area contributed by atoms with E-state index in [9.17, 15) is 8.60 Å². The van der Waals surface area contributed by atoms with Crippen molar-refractivity contribution >= 4 is 34.2 Å². The summed E-state index contributed by atoms with van der Waals surface area (Å²) >= 11 is -2.01. The average Bonchev–Trinajstić information content (AvgIpc) is 2.58. The lowest BCUT2D eigenvalue weighted by molar-refractivity contribution is 0.564. The Kier molecular flexibility index (Phi) is 4.78. The molecule has 1 unspecified atom stereocenters. The zero-order chi connectivity index (χ0) is 16.9. The van der Waals surface area contributed by atoms with Gasteiger partial charge in [0.05, 0.1) is 4.90 Å². The Hall–Kier alpha value is -2.84. The summed E-state index contributed by atoms with van der Waals surface area (Å²) in [5.74, 6) is 0.602. The maximum absolute atomic E-state index is 12.9. The highest BCUT2D eigenvalue weighted by Crippen LogP contribution is 2.18. The minimum atomic E-state index is -2.01. The summed E-state index contributed by atoms with van der Waals surface area (Å²) in [7, 11) is 0. The van der Waals surface area contributed by atoms with Gasteiger partial charge in [0.2, 0.25) is 5.95 Å². The van der Waals surface area contributed by atoms with Crippen LogP contribution in [0.1, 0.15) is 0 Å². The summed E-state index contributed by atoms with van der Waals surface area (Å²) < 4.78 is 32.8. The third-order valence-corrected chi connectivity index (χ3v) is 3.76. The van der Waals surface area contributed by atoms with Gasteiger partial charge in [-0.1, -0.05) is 0 Å². The van der Waals surface area contributed by atoms with Gasteiger partial charge in [-0.3, -0.25) is 0 Å². The monoisotopic (exact) mass is 344 g/mol. The van der Waals surface area contributed by atoms with Crippen LogP contribution in [0.2, 0.25) is 0 Å². The summed E-state index contributed by atoms with van der Waals surface area (Å²) in [6.07, 6.45) is 1.58. The summed E-state index contributed by atoms with van der Waals surface area (Å²) in [6, 6.07) is 14.0. The van der Waals surface area contributed by atoms with Gasteiger partial charge in [0.25, 0.3) is 0 Å². The third kappa shape index (κ3) is 4.12. The van der Waals surface area contributed by atoms with E-state index in [0.29, 0.717) is 28.0 Å². The van der Waals surface area contributed by atoms with Crippen LogP contribution in [0.5, 0.6) is 0 Å². The molecule has 3 rings (SSSR count). The average molecular weight is 344 g/mol. The molecule has 0 radical (unpaired) electrons. The number of nitrogens with one attached hydrogen (secondary N) is 2. The number of aromatic nitrogens is 2. The van der Waals surface area contributed by atoms with Gasteiger partial charge in [-0.15, -0.1) is 0 Å². The molecule has 8 heteroatoms. The highest BCUT2D eigenvalue weighted by Gasteiger charge is 2.03. The van der Waals surface area contributed by atoms with E-state index in [1.165, 1.54) is 12.1 Å². The Labute approximate surface area is 140 Å². The zero-order valence-corrected chi connectivity index (χ0v) is 13.1. The molecule has 0 aliphatic rings. The van der Waals surface area contributed by atoms with Crippen molar-refractivity contribution in [3.8, 4) is 0 Å². The predicted molar refractivity (Wildman–Crippen MR) is 90.5 cm³/mol. The molecule has 0 spiro atoms. The van der Waals surface area contributed by atoms with E-state index in [1.807, 2.05) is 0 Å². The van der Waals surface area contributed by atoms with Crippen molar-refractivity contribution in [3.63, 3.8) is 0 Å². The lowest BCUT2D eigenvalue weighted by Gasteiger charge is -2.08. The maximum atomic E-state index is 12.9. The topological polar surface area (TPSA) is 87.1 Å². The van der Waals surface area contributed by atoms with Crippen LogP contribution in [-0.4, -0.2) is 18.7 Å². The van der Waals surface area contributed by atoms with Gasteiger partial charge in [0.1, 0.15) is 11.6 Å². The Bertz CT molecular complexity index is 857. The number of rotatable bonds is 5. The van der Waals surface area contributed by atoms with Crippen LogP contribution < -0.4 is 10.6 Å². The molecule has 1 heterocycles. The Morgan fingerprint density at radius 3 is 2.21 bits per heavy atom. The largest absolute Gasteiger partial charge is 0.340 e. The van der Waals surface area contributed by atoms with Crippen molar-refractivity contribution in [2.24, 2.45) is 0 Å². The number of nitrogens with zero attached hydrogens (tertiary/aromatic N) is 2. The maximum Gasteiger partial charge on any atom is 0.229 e. The lowest BCUT2D eigenvalue weighted by atomic mass is 10.3. The fraction of sp³-hybridized carbons (Fsp3) is 0. The first-order valence-electron chi connectivity index (χ1n) is 6.94. The minimum absolute atomic E-state index is 0.308. The van der Waals surface area contributed by atoms with Crippen molar-refractivity contribution in [1.29, 1.82) is 0 Å². The smallest absolute Gasteiger partial charge is 0.229 e. The highest BCUT2D eigenvalue weighted by molar-refractivity contribution is 7.79. The van der Waals surface area contributed by atoms with Crippen LogP contribution in [0.4, 0.5) is 27.5 Å².